The highest BCUT2D eigenvalue weighted by molar-refractivity contribution is 5.60. The summed E-state index contributed by atoms with van der Waals surface area (Å²) in [5.41, 5.74) is 5.96. The number of rotatable bonds is 0. The number of aromatic amines is 1. The summed E-state index contributed by atoms with van der Waals surface area (Å²) in [6.07, 6.45) is 0. The van der Waals surface area contributed by atoms with Gasteiger partial charge in [-0.2, -0.15) is 0 Å². The summed E-state index contributed by atoms with van der Waals surface area (Å²) < 4.78 is 1.41. The van der Waals surface area contributed by atoms with Gasteiger partial charge in [-0.1, -0.05) is 0 Å². The predicted octanol–water partition coefficient (Wildman–Crippen LogP) is -0.923. The average Bonchev–Trinajstić information content (AvgIpc) is 2.18. The van der Waals surface area contributed by atoms with Gasteiger partial charge in [0.15, 0.2) is 5.82 Å². The normalized spacial score (nSPS) is 11.4. The Hall–Kier alpha value is -1.26. The van der Waals surface area contributed by atoms with Gasteiger partial charge in [0.1, 0.15) is 0 Å². The molecule has 0 atom stereocenters. The van der Waals surface area contributed by atoms with E-state index in [9.17, 15) is 0 Å². The number of nitrogens with one attached hydrogen (secondary N) is 1. The van der Waals surface area contributed by atoms with Crippen LogP contribution in [-0.4, -0.2) is 20.0 Å². The van der Waals surface area contributed by atoms with Crippen LogP contribution in [0.2, 0.25) is 0 Å². The van der Waals surface area contributed by atoms with Gasteiger partial charge in [0, 0.05) is 0 Å². The highest BCUT2D eigenvalue weighted by Crippen LogP contribution is 2.07. The Morgan fingerprint density at radius 2 is 2.57 bits per heavy atom. The lowest BCUT2D eigenvalue weighted by Gasteiger charge is -1.93. The van der Waals surface area contributed by atoms with Gasteiger partial charge in [-0.15, -0.1) is 9.73 Å². The summed E-state index contributed by atoms with van der Waals surface area (Å²) in [5.74, 6) is 0.611. The van der Waals surface area contributed by atoms with Crippen LogP contribution in [0.5, 0.6) is 0 Å². The zero-order valence-electron chi connectivity index (χ0n) is 3.42. The SMILES string of the molecule is Nc1c2nnn1[nH]2. The fraction of sp³-hybridized carbons (Fsp3) is 0. The Morgan fingerprint density at radius 3 is 2.71 bits per heavy atom. The molecule has 0 aliphatic rings. The Bertz CT molecular complexity index is 219. The number of hydrogen-bond donors (Lipinski definition) is 2. The van der Waals surface area contributed by atoms with Crippen molar-refractivity contribution < 1.29 is 0 Å². The van der Waals surface area contributed by atoms with Crippen molar-refractivity contribution in [3.63, 3.8) is 0 Å². The van der Waals surface area contributed by atoms with Crippen LogP contribution in [0.3, 0.4) is 0 Å². The van der Waals surface area contributed by atoms with Crippen LogP contribution in [0.1, 0.15) is 0 Å². The molecule has 3 N–H and O–H groups in total. The molecule has 0 unspecified atom stereocenters. The number of nitrogens with zero attached hydrogens (tertiary/aromatic N) is 3. The van der Waals surface area contributed by atoms with E-state index in [0.717, 1.165) is 0 Å². The maximum atomic E-state index is 5.28. The maximum Gasteiger partial charge on any atom is 0.215 e. The summed E-state index contributed by atoms with van der Waals surface area (Å²) in [4.78, 5) is 0. The Kier molecular flexibility index (Phi) is 0.233. The molecule has 0 aliphatic carbocycles. The van der Waals surface area contributed by atoms with Crippen LogP contribution in [0.15, 0.2) is 0 Å². The predicted molar refractivity (Wildman–Crippen MR) is 22.9 cm³/mol. The highest BCUT2D eigenvalue weighted by atomic mass is 15.6. The maximum absolute atomic E-state index is 5.28. The molecule has 2 bridgehead atoms. The zero-order valence-corrected chi connectivity index (χ0v) is 3.42. The molecule has 36 valence electrons. The first-order chi connectivity index (χ1) is 3.38. The molecule has 3 aromatic heterocycles. The average molecular weight is 97.1 g/mol. The first kappa shape index (κ1) is 2.84. The number of aromatic nitrogens is 4. The molecule has 5 nitrogen and oxygen atoms in total. The third-order valence-electron chi connectivity index (χ3n) is 0.917. The number of anilines is 1. The van der Waals surface area contributed by atoms with Crippen molar-refractivity contribution in [1.82, 2.24) is 20.0 Å². The van der Waals surface area contributed by atoms with E-state index in [-0.39, 0.29) is 0 Å². The van der Waals surface area contributed by atoms with E-state index in [1.807, 2.05) is 0 Å². The summed E-state index contributed by atoms with van der Waals surface area (Å²) >= 11 is 0. The molecule has 3 rings (SSSR count). The largest absolute Gasteiger partial charge is 0.379 e. The molecule has 3 aromatic rings. The van der Waals surface area contributed by atoms with Gasteiger partial charge in [-0.05, 0) is 5.21 Å². The minimum atomic E-state index is 0.611. The fourth-order valence-electron chi connectivity index (χ4n) is 0.499. The second kappa shape index (κ2) is 0.575. The summed E-state index contributed by atoms with van der Waals surface area (Å²) in [5, 5.41) is 9.85. The van der Waals surface area contributed by atoms with Gasteiger partial charge in [-0.3, -0.25) is 5.10 Å². The van der Waals surface area contributed by atoms with E-state index in [2.05, 4.69) is 15.4 Å². The van der Waals surface area contributed by atoms with Crippen molar-refractivity contribution in [2.24, 2.45) is 0 Å². The lowest BCUT2D eigenvalue weighted by Crippen LogP contribution is -2.03. The molecule has 7 heavy (non-hydrogen) atoms. The van der Waals surface area contributed by atoms with Crippen LogP contribution < -0.4 is 5.73 Å². The van der Waals surface area contributed by atoms with Crippen molar-refractivity contribution in [3.05, 3.63) is 0 Å². The van der Waals surface area contributed by atoms with Gasteiger partial charge >= 0.3 is 0 Å². The lowest BCUT2D eigenvalue weighted by atomic mass is 10.7. The zero-order chi connectivity index (χ0) is 4.85. The van der Waals surface area contributed by atoms with E-state index >= 15 is 0 Å². The minimum absolute atomic E-state index is 0.611. The number of nitrogens with two attached hydrogens (primary N) is 1. The number of fused-ring (bicyclic) bond motifs is 1. The molecule has 0 aromatic carbocycles. The van der Waals surface area contributed by atoms with Gasteiger partial charge < -0.3 is 5.73 Å². The van der Waals surface area contributed by atoms with E-state index in [0.29, 0.717) is 11.5 Å². The van der Waals surface area contributed by atoms with Crippen molar-refractivity contribution in [2.45, 2.75) is 0 Å². The standard InChI is InChI=1S/C2H3N5/c3-1-2-4-6-7(1)5-2/h5H,3H2. The molecular weight excluding hydrogens is 94.1 g/mol. The van der Waals surface area contributed by atoms with Crippen molar-refractivity contribution in [1.29, 1.82) is 0 Å². The van der Waals surface area contributed by atoms with Crippen LogP contribution in [0.4, 0.5) is 5.82 Å². The molecule has 5 heteroatoms. The Labute approximate surface area is 38.4 Å². The second-order valence-corrected chi connectivity index (χ2v) is 1.35. The van der Waals surface area contributed by atoms with E-state index in [1.165, 1.54) is 4.63 Å². The second-order valence-electron chi connectivity index (χ2n) is 1.35. The quantitative estimate of drug-likeness (QED) is 0.446. The van der Waals surface area contributed by atoms with Gasteiger partial charge in [0.25, 0.3) is 0 Å². The molecule has 0 spiro atoms. The molecule has 0 amide bonds. The van der Waals surface area contributed by atoms with Crippen molar-refractivity contribution >= 4 is 11.5 Å². The first-order valence-electron chi connectivity index (χ1n) is 1.86. The van der Waals surface area contributed by atoms with E-state index in [4.69, 9.17) is 5.73 Å². The lowest BCUT2D eigenvalue weighted by molar-refractivity contribution is 0.769. The summed E-state index contributed by atoms with van der Waals surface area (Å²) in [6.45, 7) is 0. The van der Waals surface area contributed by atoms with Crippen molar-refractivity contribution in [2.75, 3.05) is 5.73 Å². The highest BCUT2D eigenvalue weighted by Gasteiger charge is 2.06. The molecule has 0 radical (unpaired) electrons. The first-order valence-corrected chi connectivity index (χ1v) is 1.86. The van der Waals surface area contributed by atoms with Gasteiger partial charge in [0.05, 0.1) is 0 Å². The van der Waals surface area contributed by atoms with Crippen LogP contribution in [0, 0.1) is 0 Å². The molecule has 0 saturated carbocycles. The van der Waals surface area contributed by atoms with E-state index in [1.54, 1.807) is 0 Å². The number of H-pyrrole nitrogens is 1. The molecule has 3 heterocycles. The van der Waals surface area contributed by atoms with E-state index < -0.39 is 0 Å². The van der Waals surface area contributed by atoms with Crippen LogP contribution >= 0.6 is 0 Å². The number of nitrogen functional groups attached to an aromatic ring is 1. The van der Waals surface area contributed by atoms with Crippen molar-refractivity contribution in [3.8, 4) is 0 Å². The topological polar surface area (TPSA) is 72.0 Å². The number of tetrazole rings is 1. The molecule has 0 aliphatic heterocycles. The smallest absolute Gasteiger partial charge is 0.215 e. The van der Waals surface area contributed by atoms with Gasteiger partial charge in [0.2, 0.25) is 5.65 Å². The van der Waals surface area contributed by atoms with Crippen LogP contribution in [0.25, 0.3) is 5.65 Å². The fourth-order valence-corrected chi connectivity index (χ4v) is 0.499. The monoisotopic (exact) mass is 97.0 g/mol. The van der Waals surface area contributed by atoms with Crippen LogP contribution in [-0.2, 0) is 0 Å². The van der Waals surface area contributed by atoms with Gasteiger partial charge in [-0.25, -0.2) is 0 Å². The summed E-state index contributed by atoms with van der Waals surface area (Å²) in [6, 6.07) is 0. The third kappa shape index (κ3) is 0.144. The molecule has 0 saturated heterocycles. The summed E-state index contributed by atoms with van der Waals surface area (Å²) in [7, 11) is 0. The third-order valence-corrected chi connectivity index (χ3v) is 0.917. The number of hydrogen-bond acceptors (Lipinski definition) is 3. The Morgan fingerprint density at radius 1 is 1.71 bits per heavy atom. The minimum Gasteiger partial charge on any atom is -0.379 e. The molecular formula is C2H3N5. The molecule has 0 fully saturated rings. The Balaban J connectivity index is 3.04.